The second-order valence-electron chi connectivity index (χ2n) is 4.96. The van der Waals surface area contributed by atoms with Gasteiger partial charge in [-0.1, -0.05) is 18.2 Å². The first-order chi connectivity index (χ1) is 10.8. The Balaban J connectivity index is 2.00. The molecule has 2 heterocycles. The third kappa shape index (κ3) is 1.79. The van der Waals surface area contributed by atoms with Crippen molar-refractivity contribution in [2.45, 2.75) is 0 Å². The third-order valence-electron chi connectivity index (χ3n) is 3.71. The van der Waals surface area contributed by atoms with Gasteiger partial charge in [-0.2, -0.15) is 5.10 Å². The van der Waals surface area contributed by atoms with Crippen molar-refractivity contribution in [3.63, 3.8) is 0 Å². The summed E-state index contributed by atoms with van der Waals surface area (Å²) in [6.07, 6.45) is 1.45. The molecule has 0 unspecified atom stereocenters. The van der Waals surface area contributed by atoms with E-state index in [1.165, 1.54) is 6.26 Å². The molecule has 2 aromatic carbocycles. The Bertz CT molecular complexity index is 1050. The smallest absolute Gasteiger partial charge is 0.202 e. The van der Waals surface area contributed by atoms with Crippen LogP contribution >= 0.6 is 0 Å². The Kier molecular flexibility index (Phi) is 2.72. The van der Waals surface area contributed by atoms with E-state index in [1.54, 1.807) is 25.3 Å². The number of ether oxygens (including phenoxy) is 1. The van der Waals surface area contributed by atoms with Gasteiger partial charge in [0, 0.05) is 11.5 Å². The predicted octanol–water partition coefficient (Wildman–Crippen LogP) is 3.34. The number of para-hydroxylation sites is 1. The molecule has 0 radical (unpaired) electrons. The zero-order valence-electron chi connectivity index (χ0n) is 11.8. The van der Waals surface area contributed by atoms with Crippen LogP contribution < -0.4 is 10.2 Å². The number of fused-ring (bicyclic) bond motifs is 2. The van der Waals surface area contributed by atoms with Crippen LogP contribution in [0.2, 0.25) is 0 Å². The van der Waals surface area contributed by atoms with E-state index in [9.17, 15) is 4.79 Å². The molecule has 22 heavy (non-hydrogen) atoms. The van der Waals surface area contributed by atoms with Crippen LogP contribution in [0.15, 0.2) is 57.9 Å². The van der Waals surface area contributed by atoms with E-state index in [2.05, 4.69) is 10.2 Å². The van der Waals surface area contributed by atoms with E-state index in [1.807, 2.05) is 24.3 Å². The number of benzene rings is 2. The zero-order chi connectivity index (χ0) is 15.1. The van der Waals surface area contributed by atoms with Crippen LogP contribution in [0, 0.1) is 0 Å². The maximum atomic E-state index is 12.7. The minimum atomic E-state index is -0.110. The van der Waals surface area contributed by atoms with E-state index in [4.69, 9.17) is 9.15 Å². The number of H-pyrrole nitrogens is 1. The molecule has 0 spiro atoms. The second kappa shape index (κ2) is 4.73. The molecule has 108 valence electrons. The highest BCUT2D eigenvalue weighted by molar-refractivity contribution is 5.94. The summed E-state index contributed by atoms with van der Waals surface area (Å²) in [7, 11) is 1.57. The summed E-state index contributed by atoms with van der Waals surface area (Å²) in [6, 6.07) is 12.8. The van der Waals surface area contributed by atoms with Gasteiger partial charge in [-0.15, -0.1) is 0 Å². The summed E-state index contributed by atoms with van der Waals surface area (Å²) in [6.45, 7) is 0. The fourth-order valence-corrected chi connectivity index (χ4v) is 2.57. The number of methoxy groups -OCH3 is 1. The monoisotopic (exact) mass is 292 g/mol. The Morgan fingerprint density at radius 2 is 2.00 bits per heavy atom. The van der Waals surface area contributed by atoms with Crippen molar-refractivity contribution >= 4 is 21.9 Å². The average Bonchev–Trinajstić information content (AvgIpc) is 2.99. The first-order valence-electron chi connectivity index (χ1n) is 6.81. The molecule has 0 aliphatic carbocycles. The second-order valence-corrected chi connectivity index (χ2v) is 4.96. The van der Waals surface area contributed by atoms with Crippen molar-refractivity contribution in [3.8, 4) is 17.0 Å². The molecule has 4 aromatic rings. The molecular formula is C17H12N2O3. The van der Waals surface area contributed by atoms with Crippen molar-refractivity contribution in [2.24, 2.45) is 0 Å². The number of rotatable bonds is 2. The predicted molar refractivity (Wildman–Crippen MR) is 84.1 cm³/mol. The van der Waals surface area contributed by atoms with E-state index >= 15 is 0 Å². The van der Waals surface area contributed by atoms with Crippen molar-refractivity contribution < 1.29 is 9.15 Å². The summed E-state index contributed by atoms with van der Waals surface area (Å²) in [4.78, 5) is 12.7. The molecule has 0 amide bonds. The first-order valence-corrected chi connectivity index (χ1v) is 6.81. The number of aromatic nitrogens is 2. The summed E-state index contributed by atoms with van der Waals surface area (Å²) >= 11 is 0. The minimum Gasteiger partial charge on any atom is -0.497 e. The lowest BCUT2D eigenvalue weighted by Crippen LogP contribution is -2.05. The molecule has 4 rings (SSSR count). The summed E-state index contributed by atoms with van der Waals surface area (Å²) in [5, 5.41) is 8.58. The van der Waals surface area contributed by atoms with E-state index in [0.29, 0.717) is 28.0 Å². The van der Waals surface area contributed by atoms with Gasteiger partial charge < -0.3 is 9.15 Å². The molecule has 0 fully saturated rings. The Hall–Kier alpha value is -3.08. The van der Waals surface area contributed by atoms with Gasteiger partial charge in [-0.3, -0.25) is 9.89 Å². The molecule has 0 bridgehead atoms. The van der Waals surface area contributed by atoms with Gasteiger partial charge in [0.25, 0.3) is 0 Å². The fraction of sp³-hybridized carbons (Fsp3) is 0.0588. The number of nitrogens with one attached hydrogen (secondary N) is 1. The van der Waals surface area contributed by atoms with Crippen LogP contribution in [-0.2, 0) is 0 Å². The van der Waals surface area contributed by atoms with Gasteiger partial charge in [-0.05, 0) is 18.2 Å². The average molecular weight is 292 g/mol. The zero-order valence-corrected chi connectivity index (χ0v) is 11.8. The van der Waals surface area contributed by atoms with Crippen LogP contribution in [0.4, 0.5) is 0 Å². The lowest BCUT2D eigenvalue weighted by molar-refractivity contribution is 0.414. The topological polar surface area (TPSA) is 68.1 Å². The van der Waals surface area contributed by atoms with Crippen LogP contribution in [-0.4, -0.2) is 17.3 Å². The standard InChI is InChI=1S/C17H12N2O3/c1-21-10-6-7-12-15(8-10)22-9-13(17(12)20)16-11-4-2-3-5-14(11)18-19-16/h2-9H,1H3,(H,18,19). The lowest BCUT2D eigenvalue weighted by atomic mass is 10.1. The highest BCUT2D eigenvalue weighted by Crippen LogP contribution is 2.26. The summed E-state index contributed by atoms with van der Waals surface area (Å²) in [5.74, 6) is 0.647. The molecule has 5 heteroatoms. The van der Waals surface area contributed by atoms with Gasteiger partial charge in [0.2, 0.25) is 5.43 Å². The minimum absolute atomic E-state index is 0.110. The van der Waals surface area contributed by atoms with Gasteiger partial charge in [0.1, 0.15) is 23.3 Å². The fourth-order valence-electron chi connectivity index (χ4n) is 2.57. The molecule has 1 N–H and O–H groups in total. The SMILES string of the molecule is COc1ccc2c(=O)c(-c3n[nH]c4ccccc34)coc2c1. The molecule has 0 aliphatic heterocycles. The quantitative estimate of drug-likeness (QED) is 0.615. The molecule has 0 atom stereocenters. The molecular weight excluding hydrogens is 280 g/mol. The Morgan fingerprint density at radius 1 is 1.14 bits per heavy atom. The van der Waals surface area contributed by atoms with Crippen molar-refractivity contribution in [1.82, 2.24) is 10.2 Å². The summed E-state index contributed by atoms with van der Waals surface area (Å²) < 4.78 is 10.7. The van der Waals surface area contributed by atoms with Gasteiger partial charge in [0.05, 0.1) is 23.6 Å². The Morgan fingerprint density at radius 3 is 2.86 bits per heavy atom. The number of hydrogen-bond acceptors (Lipinski definition) is 4. The van der Waals surface area contributed by atoms with Crippen LogP contribution in [0.3, 0.4) is 0 Å². The molecule has 2 aromatic heterocycles. The summed E-state index contributed by atoms with van der Waals surface area (Å²) in [5.41, 5.74) is 2.30. The van der Waals surface area contributed by atoms with Crippen molar-refractivity contribution in [3.05, 3.63) is 59.0 Å². The number of aromatic amines is 1. The first kappa shape index (κ1) is 12.6. The largest absolute Gasteiger partial charge is 0.497 e. The van der Waals surface area contributed by atoms with Crippen LogP contribution in [0.1, 0.15) is 0 Å². The van der Waals surface area contributed by atoms with Crippen LogP contribution in [0.5, 0.6) is 5.75 Å². The van der Waals surface area contributed by atoms with Crippen LogP contribution in [0.25, 0.3) is 33.1 Å². The van der Waals surface area contributed by atoms with Gasteiger partial charge in [-0.25, -0.2) is 0 Å². The van der Waals surface area contributed by atoms with Gasteiger partial charge >= 0.3 is 0 Å². The van der Waals surface area contributed by atoms with E-state index in [-0.39, 0.29) is 5.43 Å². The van der Waals surface area contributed by atoms with E-state index < -0.39 is 0 Å². The third-order valence-corrected chi connectivity index (χ3v) is 3.71. The molecule has 0 aliphatic rings. The molecule has 0 saturated heterocycles. The maximum Gasteiger partial charge on any atom is 0.202 e. The maximum absolute atomic E-state index is 12.7. The van der Waals surface area contributed by atoms with Crippen molar-refractivity contribution in [1.29, 1.82) is 0 Å². The Labute approximate surface area is 125 Å². The normalized spacial score (nSPS) is 11.1. The number of hydrogen-bond donors (Lipinski definition) is 1. The van der Waals surface area contributed by atoms with Gasteiger partial charge in [0.15, 0.2) is 0 Å². The molecule has 5 nitrogen and oxygen atoms in total. The lowest BCUT2D eigenvalue weighted by Gasteiger charge is -2.03. The highest BCUT2D eigenvalue weighted by atomic mass is 16.5. The highest BCUT2D eigenvalue weighted by Gasteiger charge is 2.14. The van der Waals surface area contributed by atoms with E-state index in [0.717, 1.165) is 10.9 Å². The molecule has 0 saturated carbocycles. The number of nitrogens with zero attached hydrogens (tertiary/aromatic N) is 1. The van der Waals surface area contributed by atoms with Crippen molar-refractivity contribution in [2.75, 3.05) is 7.11 Å².